The summed E-state index contributed by atoms with van der Waals surface area (Å²) >= 11 is 0. The molecule has 9 nitrogen and oxygen atoms in total. The molecule has 0 radical (unpaired) electrons. The molecule has 0 aliphatic carbocycles. The molecule has 1 fully saturated rings. The molecule has 3 aromatic rings. The SMILES string of the molecule is CCOC(=O)CCc1c(C)nc2ncnn2c1N1CCN(C(=O)c2ccc(F)cc2)CC1. The van der Waals surface area contributed by atoms with E-state index in [1.54, 1.807) is 16.3 Å². The number of nitrogens with zero attached hydrogens (tertiary/aromatic N) is 6. The molecule has 0 bridgehead atoms. The number of anilines is 1. The summed E-state index contributed by atoms with van der Waals surface area (Å²) < 4.78 is 19.9. The Labute approximate surface area is 184 Å². The zero-order valence-corrected chi connectivity index (χ0v) is 18.1. The van der Waals surface area contributed by atoms with Gasteiger partial charge in [-0.3, -0.25) is 9.59 Å². The van der Waals surface area contributed by atoms with Crippen LogP contribution in [0.1, 0.15) is 35.0 Å². The third-order valence-corrected chi connectivity index (χ3v) is 5.55. The largest absolute Gasteiger partial charge is 0.466 e. The highest BCUT2D eigenvalue weighted by Gasteiger charge is 2.27. The van der Waals surface area contributed by atoms with E-state index in [1.165, 1.54) is 30.6 Å². The lowest BCUT2D eigenvalue weighted by Crippen LogP contribution is -2.49. The van der Waals surface area contributed by atoms with Gasteiger partial charge >= 0.3 is 5.97 Å². The Morgan fingerprint density at radius 3 is 2.53 bits per heavy atom. The monoisotopic (exact) mass is 440 g/mol. The maximum Gasteiger partial charge on any atom is 0.306 e. The third kappa shape index (κ3) is 4.39. The molecule has 0 spiro atoms. The fraction of sp³-hybridized carbons (Fsp3) is 0.409. The van der Waals surface area contributed by atoms with Gasteiger partial charge in [0.2, 0.25) is 0 Å². The van der Waals surface area contributed by atoms with E-state index in [-0.39, 0.29) is 24.1 Å². The number of ether oxygens (including phenoxy) is 1. The summed E-state index contributed by atoms with van der Waals surface area (Å²) in [6, 6.07) is 5.59. The minimum Gasteiger partial charge on any atom is -0.466 e. The second-order valence-corrected chi connectivity index (χ2v) is 7.56. The summed E-state index contributed by atoms with van der Waals surface area (Å²) in [5, 5.41) is 4.34. The minimum atomic E-state index is -0.369. The van der Waals surface area contributed by atoms with Crippen molar-refractivity contribution in [3.63, 3.8) is 0 Å². The van der Waals surface area contributed by atoms with Crippen molar-refractivity contribution in [2.45, 2.75) is 26.7 Å². The van der Waals surface area contributed by atoms with Crippen molar-refractivity contribution in [1.82, 2.24) is 24.5 Å². The number of carbonyl (C=O) groups is 2. The van der Waals surface area contributed by atoms with E-state index in [1.807, 2.05) is 6.92 Å². The van der Waals surface area contributed by atoms with Crippen molar-refractivity contribution < 1.29 is 18.7 Å². The van der Waals surface area contributed by atoms with Crippen LogP contribution in [0, 0.1) is 12.7 Å². The number of aromatic nitrogens is 4. The van der Waals surface area contributed by atoms with E-state index in [0.29, 0.717) is 50.5 Å². The minimum absolute atomic E-state index is 0.121. The van der Waals surface area contributed by atoms with Crippen LogP contribution in [0.2, 0.25) is 0 Å². The normalized spacial score (nSPS) is 14.1. The third-order valence-electron chi connectivity index (χ3n) is 5.55. The zero-order chi connectivity index (χ0) is 22.7. The molecule has 4 rings (SSSR count). The number of rotatable bonds is 6. The Morgan fingerprint density at radius 2 is 1.84 bits per heavy atom. The van der Waals surface area contributed by atoms with Gasteiger partial charge in [0.15, 0.2) is 0 Å². The number of esters is 1. The first kappa shape index (κ1) is 21.7. The molecule has 1 aliphatic heterocycles. The summed E-state index contributed by atoms with van der Waals surface area (Å²) in [5.74, 6) is 0.576. The topological polar surface area (TPSA) is 92.9 Å². The quantitative estimate of drug-likeness (QED) is 0.542. The van der Waals surface area contributed by atoms with E-state index in [4.69, 9.17) is 4.74 Å². The lowest BCUT2D eigenvalue weighted by Gasteiger charge is -2.37. The molecular formula is C22H25FN6O3. The number of aryl methyl sites for hydroxylation is 1. The van der Waals surface area contributed by atoms with Crippen molar-refractivity contribution in [2.75, 3.05) is 37.7 Å². The van der Waals surface area contributed by atoms with Crippen LogP contribution in [0.4, 0.5) is 10.2 Å². The van der Waals surface area contributed by atoms with Crippen LogP contribution in [0.3, 0.4) is 0 Å². The highest BCUT2D eigenvalue weighted by molar-refractivity contribution is 5.94. The summed E-state index contributed by atoms with van der Waals surface area (Å²) in [7, 11) is 0. The van der Waals surface area contributed by atoms with Gasteiger partial charge in [0, 0.05) is 49.4 Å². The standard InChI is InChI=1S/C22H25FN6O3/c1-3-32-19(30)9-8-18-15(2)26-22-24-14-25-29(22)20(18)27-10-12-28(13-11-27)21(31)16-4-6-17(23)7-5-16/h4-7,14H,3,8-13H2,1-2H3. The molecule has 10 heteroatoms. The van der Waals surface area contributed by atoms with Crippen molar-refractivity contribution in [1.29, 1.82) is 0 Å². The Kier molecular flexibility index (Phi) is 6.29. The average molecular weight is 440 g/mol. The van der Waals surface area contributed by atoms with E-state index in [0.717, 1.165) is 17.1 Å². The number of benzene rings is 1. The molecule has 0 saturated carbocycles. The molecule has 0 unspecified atom stereocenters. The Morgan fingerprint density at radius 1 is 1.12 bits per heavy atom. The van der Waals surface area contributed by atoms with Gasteiger partial charge in [0.05, 0.1) is 6.61 Å². The summed E-state index contributed by atoms with van der Waals surface area (Å²) in [5.41, 5.74) is 2.16. The predicted molar refractivity (Wildman–Crippen MR) is 115 cm³/mol. The number of halogens is 1. The van der Waals surface area contributed by atoms with E-state index in [2.05, 4.69) is 20.0 Å². The van der Waals surface area contributed by atoms with Gasteiger partial charge in [-0.25, -0.2) is 9.37 Å². The van der Waals surface area contributed by atoms with Crippen molar-refractivity contribution in [3.8, 4) is 0 Å². The zero-order valence-electron chi connectivity index (χ0n) is 18.1. The van der Waals surface area contributed by atoms with Crippen molar-refractivity contribution in [2.24, 2.45) is 0 Å². The van der Waals surface area contributed by atoms with Crippen LogP contribution in [0.15, 0.2) is 30.6 Å². The van der Waals surface area contributed by atoms with Crippen LogP contribution in [0.25, 0.3) is 5.78 Å². The van der Waals surface area contributed by atoms with Crippen LogP contribution in [0.5, 0.6) is 0 Å². The second kappa shape index (κ2) is 9.29. The number of hydrogen-bond acceptors (Lipinski definition) is 7. The first-order chi connectivity index (χ1) is 15.5. The van der Waals surface area contributed by atoms with E-state index in [9.17, 15) is 14.0 Å². The Balaban J connectivity index is 1.55. The second-order valence-electron chi connectivity index (χ2n) is 7.56. The van der Waals surface area contributed by atoms with Crippen molar-refractivity contribution >= 4 is 23.5 Å². The number of hydrogen-bond donors (Lipinski definition) is 0. The van der Waals surface area contributed by atoms with Crippen molar-refractivity contribution in [3.05, 3.63) is 53.2 Å². The fourth-order valence-electron chi connectivity index (χ4n) is 3.94. The van der Waals surface area contributed by atoms with Gasteiger partial charge in [-0.1, -0.05) is 0 Å². The highest BCUT2D eigenvalue weighted by Crippen LogP contribution is 2.26. The average Bonchev–Trinajstić information content (AvgIpc) is 3.25. The molecule has 1 amide bonds. The maximum atomic E-state index is 13.2. The van der Waals surface area contributed by atoms with Gasteiger partial charge in [-0.15, -0.1) is 0 Å². The van der Waals surface area contributed by atoms with Gasteiger partial charge in [0.1, 0.15) is 18.0 Å². The van der Waals surface area contributed by atoms with Gasteiger partial charge in [-0.05, 0) is 44.5 Å². The molecule has 168 valence electrons. The number of piperazine rings is 1. The van der Waals surface area contributed by atoms with Crippen LogP contribution in [-0.4, -0.2) is 69.1 Å². The summed E-state index contributed by atoms with van der Waals surface area (Å²) in [6.45, 7) is 6.19. The smallest absolute Gasteiger partial charge is 0.306 e. The molecule has 2 aromatic heterocycles. The van der Waals surface area contributed by atoms with Crippen LogP contribution in [-0.2, 0) is 16.0 Å². The summed E-state index contributed by atoms with van der Waals surface area (Å²) in [6.07, 6.45) is 2.17. The first-order valence-electron chi connectivity index (χ1n) is 10.6. The molecule has 1 saturated heterocycles. The lowest BCUT2D eigenvalue weighted by atomic mass is 10.1. The molecule has 0 N–H and O–H groups in total. The number of fused-ring (bicyclic) bond motifs is 1. The number of carbonyl (C=O) groups excluding carboxylic acids is 2. The van der Waals surface area contributed by atoms with E-state index < -0.39 is 0 Å². The molecular weight excluding hydrogens is 415 g/mol. The lowest BCUT2D eigenvalue weighted by molar-refractivity contribution is -0.143. The van der Waals surface area contributed by atoms with Gasteiger partial charge in [-0.2, -0.15) is 14.6 Å². The molecule has 1 aromatic carbocycles. The Bertz CT molecular complexity index is 1120. The molecule has 32 heavy (non-hydrogen) atoms. The van der Waals surface area contributed by atoms with Gasteiger partial charge < -0.3 is 14.5 Å². The molecule has 3 heterocycles. The maximum absolute atomic E-state index is 13.2. The molecule has 0 atom stereocenters. The first-order valence-corrected chi connectivity index (χ1v) is 10.6. The van der Waals surface area contributed by atoms with Crippen LogP contribution >= 0.6 is 0 Å². The van der Waals surface area contributed by atoms with Crippen LogP contribution < -0.4 is 4.90 Å². The fourth-order valence-corrected chi connectivity index (χ4v) is 3.94. The Hall–Kier alpha value is -3.56. The van der Waals surface area contributed by atoms with E-state index >= 15 is 0 Å². The van der Waals surface area contributed by atoms with Gasteiger partial charge in [0.25, 0.3) is 11.7 Å². The highest BCUT2D eigenvalue weighted by atomic mass is 19.1. The predicted octanol–water partition coefficient (Wildman–Crippen LogP) is 2.03. The number of amides is 1. The molecule has 1 aliphatic rings. The summed E-state index contributed by atoms with van der Waals surface area (Å²) in [4.78, 5) is 37.4.